The van der Waals surface area contributed by atoms with E-state index in [2.05, 4.69) is 31.1 Å². The van der Waals surface area contributed by atoms with Gasteiger partial charge in [0, 0.05) is 18.3 Å². The summed E-state index contributed by atoms with van der Waals surface area (Å²) in [7, 11) is 0. The van der Waals surface area contributed by atoms with Crippen LogP contribution in [0, 0.1) is 0 Å². The summed E-state index contributed by atoms with van der Waals surface area (Å²) in [5, 5.41) is 7.82. The quantitative estimate of drug-likeness (QED) is 0.672. The normalized spacial score (nSPS) is 20.9. The monoisotopic (exact) mass is 426 g/mol. The van der Waals surface area contributed by atoms with E-state index in [4.69, 9.17) is 9.15 Å². The fourth-order valence-corrected chi connectivity index (χ4v) is 3.09. The number of carbonyl (C=O) groups is 1. The summed E-state index contributed by atoms with van der Waals surface area (Å²) in [6.07, 6.45) is 1.72. The Labute approximate surface area is 159 Å². The predicted molar refractivity (Wildman–Crippen MR) is 95.1 cm³/mol. The van der Waals surface area contributed by atoms with E-state index in [1.807, 2.05) is 0 Å². The Morgan fingerprint density at radius 3 is 2.88 bits per heavy atom. The van der Waals surface area contributed by atoms with Crippen LogP contribution in [0.1, 0.15) is 39.5 Å². The molecule has 1 saturated heterocycles. The highest BCUT2D eigenvalue weighted by molar-refractivity contribution is 9.10. The van der Waals surface area contributed by atoms with Crippen LogP contribution in [0.4, 0.5) is 9.18 Å². The molecule has 0 aromatic carbocycles. The van der Waals surface area contributed by atoms with Crippen molar-refractivity contribution < 1.29 is 18.3 Å². The van der Waals surface area contributed by atoms with Gasteiger partial charge in [0.25, 0.3) is 5.89 Å². The van der Waals surface area contributed by atoms with Crippen LogP contribution in [0.15, 0.2) is 27.3 Å². The van der Waals surface area contributed by atoms with Crippen molar-refractivity contribution in [3.8, 4) is 11.5 Å². The average Bonchev–Trinajstić information content (AvgIpc) is 3.04. The lowest BCUT2D eigenvalue weighted by atomic mass is 9.95. The Bertz CT molecular complexity index is 807. The van der Waals surface area contributed by atoms with Gasteiger partial charge < -0.3 is 14.1 Å². The van der Waals surface area contributed by atoms with Gasteiger partial charge in [0.15, 0.2) is 0 Å². The van der Waals surface area contributed by atoms with Crippen molar-refractivity contribution in [2.24, 2.45) is 0 Å². The summed E-state index contributed by atoms with van der Waals surface area (Å²) < 4.78 is 27.0. The average molecular weight is 427 g/mol. The number of alkyl halides is 1. The molecule has 26 heavy (non-hydrogen) atoms. The highest BCUT2D eigenvalue weighted by Crippen LogP contribution is 2.36. The van der Waals surface area contributed by atoms with Crippen molar-refractivity contribution in [3.05, 3.63) is 28.8 Å². The second-order valence-corrected chi connectivity index (χ2v) is 8.06. The minimum Gasteiger partial charge on any atom is -0.444 e. The molecule has 1 atom stereocenters. The van der Waals surface area contributed by atoms with E-state index in [1.165, 1.54) is 4.90 Å². The van der Waals surface area contributed by atoms with Gasteiger partial charge in [-0.05, 0) is 61.7 Å². The Morgan fingerprint density at radius 2 is 2.19 bits per heavy atom. The molecule has 3 heterocycles. The number of aromatic nitrogens is 3. The molecule has 1 aliphatic rings. The summed E-state index contributed by atoms with van der Waals surface area (Å²) in [5.74, 6) is 0.0724. The van der Waals surface area contributed by atoms with Gasteiger partial charge in [-0.2, -0.15) is 0 Å². The number of hydrogen-bond donors (Lipinski definition) is 0. The lowest BCUT2D eigenvalue weighted by molar-refractivity contribution is -0.0144. The van der Waals surface area contributed by atoms with Crippen LogP contribution in [-0.4, -0.2) is 44.9 Å². The van der Waals surface area contributed by atoms with Gasteiger partial charge >= 0.3 is 6.09 Å². The zero-order valence-corrected chi connectivity index (χ0v) is 16.4. The van der Waals surface area contributed by atoms with Crippen LogP contribution in [0.5, 0.6) is 0 Å². The number of ether oxygens (including phenoxy) is 1. The number of nitrogens with zero attached hydrogens (tertiary/aromatic N) is 4. The fraction of sp³-hybridized carbons (Fsp3) is 0.529. The Balaban J connectivity index is 1.79. The van der Waals surface area contributed by atoms with Crippen molar-refractivity contribution >= 4 is 22.0 Å². The molecule has 2 aromatic rings. The van der Waals surface area contributed by atoms with Crippen molar-refractivity contribution in [1.29, 1.82) is 0 Å². The first-order chi connectivity index (χ1) is 12.2. The fourth-order valence-electron chi connectivity index (χ4n) is 2.72. The first-order valence-electron chi connectivity index (χ1n) is 8.29. The van der Waals surface area contributed by atoms with E-state index in [1.54, 1.807) is 39.1 Å². The summed E-state index contributed by atoms with van der Waals surface area (Å²) in [5.41, 5.74) is -1.90. The molecule has 0 saturated carbocycles. The molecule has 1 fully saturated rings. The minimum atomic E-state index is -1.90. The first kappa shape index (κ1) is 18.8. The summed E-state index contributed by atoms with van der Waals surface area (Å²) >= 11 is 3.27. The molecule has 9 heteroatoms. The molecule has 0 N–H and O–H groups in total. The van der Waals surface area contributed by atoms with Gasteiger partial charge in [0.2, 0.25) is 11.6 Å². The van der Waals surface area contributed by atoms with Crippen LogP contribution in [-0.2, 0) is 10.4 Å². The number of rotatable bonds is 2. The predicted octanol–water partition coefficient (Wildman–Crippen LogP) is 4.09. The van der Waals surface area contributed by atoms with Gasteiger partial charge in [0.05, 0.1) is 6.54 Å². The maximum Gasteiger partial charge on any atom is 0.410 e. The van der Waals surface area contributed by atoms with Crippen LogP contribution >= 0.6 is 15.9 Å². The number of pyridine rings is 1. The van der Waals surface area contributed by atoms with Crippen LogP contribution in [0.3, 0.4) is 0 Å². The lowest BCUT2D eigenvalue weighted by Gasteiger charge is -2.36. The summed E-state index contributed by atoms with van der Waals surface area (Å²) in [6, 6.07) is 3.40. The van der Waals surface area contributed by atoms with Crippen LogP contribution in [0.2, 0.25) is 0 Å². The van der Waals surface area contributed by atoms with E-state index in [0.717, 1.165) is 0 Å². The largest absolute Gasteiger partial charge is 0.444 e. The highest BCUT2D eigenvalue weighted by Gasteiger charge is 2.44. The molecule has 0 radical (unpaired) electrons. The lowest BCUT2D eigenvalue weighted by Crippen LogP contribution is -2.48. The standard InChI is InChI=1S/C17H20BrFN4O3/c1-16(2,3)26-15(24)23-8-4-6-17(19,10-23)14-22-21-13(25-14)11-5-7-20-12(18)9-11/h5,7,9H,4,6,8,10H2,1-3H3/t17-/m1/s1. The summed E-state index contributed by atoms with van der Waals surface area (Å²) in [4.78, 5) is 17.6. The zero-order valence-electron chi connectivity index (χ0n) is 14.8. The molecule has 0 bridgehead atoms. The van der Waals surface area contributed by atoms with Gasteiger partial charge in [-0.3, -0.25) is 0 Å². The smallest absolute Gasteiger partial charge is 0.410 e. The SMILES string of the molecule is CC(C)(C)OC(=O)N1CCC[C@](F)(c2nnc(-c3ccnc(Br)c3)o2)C1. The molecule has 1 aliphatic heterocycles. The minimum absolute atomic E-state index is 0.131. The Morgan fingerprint density at radius 1 is 1.42 bits per heavy atom. The molecule has 0 spiro atoms. The molecule has 0 unspecified atom stereocenters. The van der Waals surface area contributed by atoms with Gasteiger partial charge in [-0.25, -0.2) is 14.2 Å². The van der Waals surface area contributed by atoms with Gasteiger partial charge in [-0.1, -0.05) is 0 Å². The Hall–Kier alpha value is -2.03. The third kappa shape index (κ3) is 4.20. The van der Waals surface area contributed by atoms with Crippen molar-refractivity contribution in [2.45, 2.75) is 44.9 Å². The number of hydrogen-bond acceptors (Lipinski definition) is 6. The second kappa shape index (κ2) is 6.94. The van der Waals surface area contributed by atoms with E-state index >= 15 is 4.39 Å². The van der Waals surface area contributed by atoms with Gasteiger partial charge in [-0.15, -0.1) is 10.2 Å². The molecule has 3 rings (SSSR count). The van der Waals surface area contributed by atoms with Crippen molar-refractivity contribution in [3.63, 3.8) is 0 Å². The number of likely N-dealkylation sites (tertiary alicyclic amines) is 1. The van der Waals surface area contributed by atoms with Crippen LogP contribution < -0.4 is 0 Å². The second-order valence-electron chi connectivity index (χ2n) is 7.25. The van der Waals surface area contributed by atoms with E-state index in [9.17, 15) is 4.79 Å². The third-order valence-electron chi connectivity index (χ3n) is 3.88. The first-order valence-corrected chi connectivity index (χ1v) is 9.08. The molecule has 2 aromatic heterocycles. The zero-order chi connectivity index (χ0) is 18.9. The molecule has 1 amide bonds. The molecule has 140 valence electrons. The Kier molecular flexibility index (Phi) is 5.01. The maximum atomic E-state index is 15.5. The number of carbonyl (C=O) groups excluding carboxylic acids is 1. The molecule has 7 nitrogen and oxygen atoms in total. The number of amides is 1. The molecule has 0 aliphatic carbocycles. The number of piperidine rings is 1. The molecular weight excluding hydrogens is 407 g/mol. The number of halogens is 2. The van der Waals surface area contributed by atoms with Crippen molar-refractivity contribution in [2.75, 3.05) is 13.1 Å². The van der Waals surface area contributed by atoms with E-state index in [-0.39, 0.29) is 24.7 Å². The summed E-state index contributed by atoms with van der Waals surface area (Å²) in [6.45, 7) is 5.57. The maximum absolute atomic E-state index is 15.5. The topological polar surface area (TPSA) is 81.4 Å². The van der Waals surface area contributed by atoms with Gasteiger partial charge in [0.1, 0.15) is 10.2 Å². The molecular formula is C17H20BrFN4O3. The third-order valence-corrected chi connectivity index (χ3v) is 4.31. The highest BCUT2D eigenvalue weighted by atomic mass is 79.9. The van der Waals surface area contributed by atoms with E-state index in [0.29, 0.717) is 23.1 Å². The van der Waals surface area contributed by atoms with E-state index < -0.39 is 17.4 Å². The van der Waals surface area contributed by atoms with Crippen LogP contribution in [0.25, 0.3) is 11.5 Å². The van der Waals surface area contributed by atoms with Crippen molar-refractivity contribution in [1.82, 2.24) is 20.1 Å².